The molecule has 2 aliphatic rings. The molecule has 1 aromatic carbocycles. The van der Waals surface area contributed by atoms with Gasteiger partial charge in [0.25, 0.3) is 0 Å². The Morgan fingerprint density at radius 2 is 1.90 bits per heavy atom. The zero-order valence-corrected chi connectivity index (χ0v) is 23.5. The molecule has 1 spiro atoms. The summed E-state index contributed by atoms with van der Waals surface area (Å²) in [4.78, 5) is 35.6. The molecule has 1 atom stereocenters. The Balaban J connectivity index is 1.10. The minimum absolute atomic E-state index is 0.146. The molecular weight excluding hydrogens is 551 g/mol. The molecule has 2 saturated heterocycles. The lowest BCUT2D eigenvalue weighted by atomic mass is 9.72. The van der Waals surface area contributed by atoms with Gasteiger partial charge in [-0.1, -0.05) is 23.2 Å². The van der Waals surface area contributed by atoms with Crippen LogP contribution in [0.15, 0.2) is 48.9 Å². The summed E-state index contributed by atoms with van der Waals surface area (Å²) in [6.45, 7) is 5.22. The highest BCUT2D eigenvalue weighted by molar-refractivity contribution is 6.35. The number of pyridine rings is 2. The number of H-pyrrole nitrogens is 1. The van der Waals surface area contributed by atoms with Gasteiger partial charge in [-0.25, -0.2) is 4.98 Å². The van der Waals surface area contributed by atoms with E-state index in [4.69, 9.17) is 32.9 Å². The predicted molar refractivity (Wildman–Crippen MR) is 154 cm³/mol. The first-order valence-corrected chi connectivity index (χ1v) is 14.0. The van der Waals surface area contributed by atoms with E-state index in [1.54, 1.807) is 12.4 Å². The van der Waals surface area contributed by atoms with Crippen LogP contribution >= 0.6 is 23.2 Å². The second kappa shape index (κ2) is 10.7. The standard InChI is InChI=1S/C29H28Cl2N6O3/c1-18(27-22(30)12-32-13-23(27)31)40-20-6-7-24-21(10-20)28(35-34-24)19-5-8-25(33-11-19)36-14-29(15-36)16-37(17-29)26(39)4-2-3-9-38/h5-13,18H,2-4,14-17H2,1H3,(H,34,35)/t18-/m1/s1. The molecule has 9 nitrogen and oxygen atoms in total. The van der Waals surface area contributed by atoms with Crippen molar-refractivity contribution >= 4 is 52.1 Å². The maximum Gasteiger partial charge on any atom is 0.222 e. The maximum absolute atomic E-state index is 12.2. The van der Waals surface area contributed by atoms with E-state index in [2.05, 4.69) is 20.1 Å². The molecule has 11 heteroatoms. The largest absolute Gasteiger partial charge is 0.486 e. The first kappa shape index (κ1) is 26.5. The fourth-order valence-electron chi connectivity index (χ4n) is 5.63. The van der Waals surface area contributed by atoms with E-state index in [-0.39, 0.29) is 17.4 Å². The van der Waals surface area contributed by atoms with Gasteiger partial charge in [0.15, 0.2) is 0 Å². The number of aromatic amines is 1. The molecule has 0 saturated carbocycles. The normalized spacial score (nSPS) is 16.5. The molecule has 4 aromatic rings. The maximum atomic E-state index is 12.2. The van der Waals surface area contributed by atoms with Crippen molar-refractivity contribution in [2.45, 2.75) is 32.3 Å². The molecule has 206 valence electrons. The molecule has 40 heavy (non-hydrogen) atoms. The summed E-state index contributed by atoms with van der Waals surface area (Å²) in [7, 11) is 0. The first-order chi connectivity index (χ1) is 19.4. The third-order valence-corrected chi connectivity index (χ3v) is 8.26. The highest BCUT2D eigenvalue weighted by Crippen LogP contribution is 2.42. The van der Waals surface area contributed by atoms with Crippen molar-refractivity contribution in [3.05, 3.63) is 64.5 Å². The zero-order valence-electron chi connectivity index (χ0n) is 21.9. The minimum atomic E-state index is -0.375. The van der Waals surface area contributed by atoms with Crippen molar-refractivity contribution in [1.29, 1.82) is 0 Å². The number of nitrogens with one attached hydrogen (secondary N) is 1. The number of rotatable bonds is 9. The van der Waals surface area contributed by atoms with Crippen molar-refractivity contribution in [3.8, 4) is 17.0 Å². The van der Waals surface area contributed by atoms with E-state index in [0.29, 0.717) is 40.6 Å². The summed E-state index contributed by atoms with van der Waals surface area (Å²) < 4.78 is 6.19. The van der Waals surface area contributed by atoms with Gasteiger partial charge < -0.3 is 19.3 Å². The van der Waals surface area contributed by atoms with Crippen LogP contribution in [0.1, 0.15) is 37.9 Å². The van der Waals surface area contributed by atoms with Crippen molar-refractivity contribution in [2.75, 3.05) is 31.1 Å². The number of unbranched alkanes of at least 4 members (excludes halogenated alkanes) is 1. The van der Waals surface area contributed by atoms with Crippen molar-refractivity contribution in [3.63, 3.8) is 0 Å². The molecule has 3 aromatic heterocycles. The number of hydrogen-bond donors (Lipinski definition) is 1. The van der Waals surface area contributed by atoms with Gasteiger partial charge in [-0.05, 0) is 43.7 Å². The van der Waals surface area contributed by atoms with Gasteiger partial charge >= 0.3 is 0 Å². The number of anilines is 1. The average Bonchev–Trinajstić information content (AvgIpc) is 3.31. The number of halogens is 2. The third kappa shape index (κ3) is 4.99. The van der Waals surface area contributed by atoms with Gasteiger partial charge in [-0.3, -0.25) is 14.9 Å². The molecule has 0 bridgehead atoms. The predicted octanol–water partition coefficient (Wildman–Crippen LogP) is 5.48. The Morgan fingerprint density at radius 1 is 1.12 bits per heavy atom. The second-order valence-electron chi connectivity index (χ2n) is 10.6. The van der Waals surface area contributed by atoms with Gasteiger partial charge in [-0.15, -0.1) is 0 Å². The van der Waals surface area contributed by atoms with Crippen molar-refractivity contribution in [1.82, 2.24) is 25.1 Å². The molecule has 1 amide bonds. The van der Waals surface area contributed by atoms with Crippen LogP contribution in [-0.2, 0) is 9.59 Å². The highest BCUT2D eigenvalue weighted by Gasteiger charge is 2.53. The molecule has 0 aliphatic carbocycles. The van der Waals surface area contributed by atoms with Crippen LogP contribution in [0.5, 0.6) is 5.75 Å². The molecule has 2 aliphatic heterocycles. The number of carbonyl (C=O) groups excluding carboxylic acids is 2. The Morgan fingerprint density at radius 3 is 2.60 bits per heavy atom. The molecule has 2 fully saturated rings. The number of amides is 1. The Labute approximate surface area is 241 Å². The quantitative estimate of drug-likeness (QED) is 0.207. The van der Waals surface area contributed by atoms with Crippen molar-refractivity contribution in [2.24, 2.45) is 5.41 Å². The van der Waals surface area contributed by atoms with Crippen molar-refractivity contribution < 1.29 is 14.3 Å². The zero-order chi connectivity index (χ0) is 27.9. The Kier molecular flexibility index (Phi) is 7.10. The monoisotopic (exact) mass is 578 g/mol. The number of aldehydes is 1. The molecule has 0 unspecified atom stereocenters. The van der Waals surface area contributed by atoms with Crippen LogP contribution in [-0.4, -0.2) is 63.4 Å². The minimum Gasteiger partial charge on any atom is -0.486 e. The van der Waals surface area contributed by atoms with E-state index < -0.39 is 0 Å². The highest BCUT2D eigenvalue weighted by atomic mass is 35.5. The topological polar surface area (TPSA) is 104 Å². The molecule has 0 radical (unpaired) electrons. The summed E-state index contributed by atoms with van der Waals surface area (Å²) >= 11 is 12.6. The summed E-state index contributed by atoms with van der Waals surface area (Å²) in [5.41, 5.74) is 3.42. The first-order valence-electron chi connectivity index (χ1n) is 13.2. The van der Waals surface area contributed by atoms with Crippen LogP contribution in [0.25, 0.3) is 22.2 Å². The number of likely N-dealkylation sites (tertiary alicyclic amines) is 1. The molecule has 5 heterocycles. The third-order valence-electron chi connectivity index (χ3n) is 7.66. The summed E-state index contributed by atoms with van der Waals surface area (Å²) in [5, 5.41) is 9.46. The van der Waals surface area contributed by atoms with E-state index in [0.717, 1.165) is 60.4 Å². The van der Waals surface area contributed by atoms with Gasteiger partial charge in [-0.2, -0.15) is 5.10 Å². The smallest absolute Gasteiger partial charge is 0.222 e. The molecular formula is C29H28Cl2N6O3. The number of carbonyl (C=O) groups is 2. The van der Waals surface area contributed by atoms with Gasteiger partial charge in [0, 0.05) is 79.5 Å². The number of ether oxygens (including phenoxy) is 1. The molecule has 1 N–H and O–H groups in total. The van der Waals surface area contributed by atoms with Gasteiger partial charge in [0.1, 0.15) is 29.7 Å². The molecule has 6 rings (SSSR count). The van der Waals surface area contributed by atoms with Gasteiger partial charge in [0.05, 0.1) is 15.6 Å². The number of aromatic nitrogens is 4. The lowest BCUT2D eigenvalue weighted by Crippen LogP contribution is -2.73. The number of benzene rings is 1. The van der Waals surface area contributed by atoms with Crippen LogP contribution in [0, 0.1) is 5.41 Å². The lowest BCUT2D eigenvalue weighted by Gasteiger charge is -2.60. The van der Waals surface area contributed by atoms with E-state index in [1.165, 1.54) is 0 Å². The fourth-order valence-corrected chi connectivity index (χ4v) is 6.30. The Hall–Kier alpha value is -3.69. The number of nitrogens with zero attached hydrogens (tertiary/aromatic N) is 5. The SMILES string of the molecule is C[C@@H](Oc1ccc2[nH]nc(-c3ccc(N4CC5(CN(C(=O)CCCC=O)C5)C4)nc3)c2c1)c1c(Cl)cncc1Cl. The van der Waals surface area contributed by atoms with Gasteiger partial charge in [0.2, 0.25) is 5.91 Å². The van der Waals surface area contributed by atoms with Crippen LogP contribution < -0.4 is 9.64 Å². The average molecular weight is 579 g/mol. The van der Waals surface area contributed by atoms with E-state index >= 15 is 0 Å². The fraction of sp³-hybridized carbons (Fsp3) is 0.345. The van der Waals surface area contributed by atoms with E-state index in [9.17, 15) is 9.59 Å². The lowest BCUT2D eigenvalue weighted by molar-refractivity contribution is -0.145. The van der Waals surface area contributed by atoms with Crippen LogP contribution in [0.4, 0.5) is 5.82 Å². The van der Waals surface area contributed by atoms with Crippen LogP contribution in [0.3, 0.4) is 0 Å². The van der Waals surface area contributed by atoms with Crippen LogP contribution in [0.2, 0.25) is 10.0 Å². The number of fused-ring (bicyclic) bond motifs is 1. The summed E-state index contributed by atoms with van der Waals surface area (Å²) in [6, 6.07) is 9.80. The van der Waals surface area contributed by atoms with E-state index in [1.807, 2.05) is 48.4 Å². The second-order valence-corrected chi connectivity index (χ2v) is 11.4. The Bertz CT molecular complexity index is 1540. The summed E-state index contributed by atoms with van der Waals surface area (Å²) in [6.07, 6.45) is 6.96. The summed E-state index contributed by atoms with van der Waals surface area (Å²) in [5.74, 6) is 1.72. The number of hydrogen-bond acceptors (Lipinski definition) is 7.